The summed E-state index contributed by atoms with van der Waals surface area (Å²) < 4.78 is 13.2. The quantitative estimate of drug-likeness (QED) is 0.738. The molecule has 3 rings (SSSR count). The van der Waals surface area contributed by atoms with Crippen LogP contribution in [0.2, 0.25) is 0 Å². The molecule has 0 fully saturated rings. The first-order valence-electron chi connectivity index (χ1n) is 6.67. The second-order valence-corrected chi connectivity index (χ2v) is 4.62. The Bertz CT molecular complexity index is 662. The summed E-state index contributed by atoms with van der Waals surface area (Å²) in [7, 11) is 0. The van der Waals surface area contributed by atoms with E-state index in [2.05, 4.69) is 15.3 Å². The summed E-state index contributed by atoms with van der Waals surface area (Å²) in [5.41, 5.74) is 2.17. The van der Waals surface area contributed by atoms with Gasteiger partial charge in [0.25, 0.3) is 0 Å². The van der Waals surface area contributed by atoms with Crippen molar-refractivity contribution in [1.29, 1.82) is 0 Å². The molecule has 0 amide bonds. The van der Waals surface area contributed by atoms with Crippen LogP contribution in [-0.4, -0.2) is 9.97 Å². The smallest absolute Gasteiger partial charge is 0.217 e. The molecule has 0 saturated heterocycles. The molecule has 0 saturated carbocycles. The van der Waals surface area contributed by atoms with Crippen molar-refractivity contribution in [3.8, 4) is 0 Å². The Morgan fingerprint density at radius 2 is 1.38 bits per heavy atom. The molecular formula is C17H14FN3. The highest BCUT2D eigenvalue weighted by molar-refractivity contribution is 5.43. The molecule has 0 atom stereocenters. The monoisotopic (exact) mass is 279 g/mol. The Hall–Kier alpha value is -2.75. The van der Waals surface area contributed by atoms with Gasteiger partial charge in [0.2, 0.25) is 5.95 Å². The summed E-state index contributed by atoms with van der Waals surface area (Å²) in [6.45, 7) is 0. The average Bonchev–Trinajstić information content (AvgIpc) is 2.54. The van der Waals surface area contributed by atoms with Gasteiger partial charge in [-0.25, -0.2) is 9.97 Å². The van der Waals surface area contributed by atoms with Crippen molar-refractivity contribution in [3.05, 3.63) is 90.1 Å². The SMILES string of the molecule is Fc1cc(NC(c2ccccc2)c2ccccc2)ncn1. The lowest BCUT2D eigenvalue weighted by atomic mass is 9.99. The van der Waals surface area contributed by atoms with Crippen LogP contribution < -0.4 is 5.32 Å². The minimum absolute atomic E-state index is 0.0956. The zero-order valence-electron chi connectivity index (χ0n) is 11.3. The zero-order valence-corrected chi connectivity index (χ0v) is 11.3. The first-order valence-corrected chi connectivity index (χ1v) is 6.67. The molecular weight excluding hydrogens is 265 g/mol. The van der Waals surface area contributed by atoms with Crippen LogP contribution in [0.3, 0.4) is 0 Å². The van der Waals surface area contributed by atoms with Crippen molar-refractivity contribution in [3.63, 3.8) is 0 Å². The van der Waals surface area contributed by atoms with E-state index in [1.54, 1.807) is 0 Å². The second-order valence-electron chi connectivity index (χ2n) is 4.62. The molecule has 0 aliphatic rings. The standard InChI is InChI=1S/C17H14FN3/c18-15-11-16(20-12-19-15)21-17(13-7-3-1-4-8-13)14-9-5-2-6-10-14/h1-12,17H,(H,19,20,21). The van der Waals surface area contributed by atoms with E-state index in [1.165, 1.54) is 12.4 Å². The van der Waals surface area contributed by atoms with Gasteiger partial charge in [0, 0.05) is 6.07 Å². The largest absolute Gasteiger partial charge is 0.359 e. The van der Waals surface area contributed by atoms with Crippen molar-refractivity contribution in [2.75, 3.05) is 5.32 Å². The number of hydrogen-bond acceptors (Lipinski definition) is 3. The van der Waals surface area contributed by atoms with Crippen LogP contribution >= 0.6 is 0 Å². The summed E-state index contributed by atoms with van der Waals surface area (Å²) >= 11 is 0. The van der Waals surface area contributed by atoms with Gasteiger partial charge in [0.15, 0.2) is 0 Å². The maximum absolute atomic E-state index is 13.2. The minimum atomic E-state index is -0.549. The molecule has 104 valence electrons. The van der Waals surface area contributed by atoms with E-state index in [9.17, 15) is 4.39 Å². The first-order chi connectivity index (χ1) is 10.3. The number of hydrogen-bond donors (Lipinski definition) is 1. The molecule has 3 nitrogen and oxygen atoms in total. The van der Waals surface area contributed by atoms with E-state index in [0.717, 1.165) is 11.1 Å². The molecule has 0 aliphatic heterocycles. The molecule has 4 heteroatoms. The predicted molar refractivity (Wildman–Crippen MR) is 80.3 cm³/mol. The molecule has 21 heavy (non-hydrogen) atoms. The normalized spacial score (nSPS) is 10.6. The third-order valence-corrected chi connectivity index (χ3v) is 3.19. The van der Waals surface area contributed by atoms with Crippen molar-refractivity contribution < 1.29 is 4.39 Å². The fraction of sp³-hybridized carbons (Fsp3) is 0.0588. The molecule has 1 N–H and O–H groups in total. The van der Waals surface area contributed by atoms with E-state index < -0.39 is 5.95 Å². The Balaban J connectivity index is 1.97. The highest BCUT2D eigenvalue weighted by atomic mass is 19.1. The molecule has 1 heterocycles. The molecule has 0 unspecified atom stereocenters. The molecule has 1 aromatic heterocycles. The van der Waals surface area contributed by atoms with Crippen molar-refractivity contribution in [1.82, 2.24) is 9.97 Å². The second kappa shape index (κ2) is 6.13. The average molecular weight is 279 g/mol. The number of rotatable bonds is 4. The number of nitrogens with one attached hydrogen (secondary N) is 1. The van der Waals surface area contributed by atoms with Crippen LogP contribution in [-0.2, 0) is 0 Å². The molecule has 0 aliphatic carbocycles. The van der Waals surface area contributed by atoms with Crippen LogP contribution in [0.1, 0.15) is 17.2 Å². The Morgan fingerprint density at radius 3 is 1.90 bits per heavy atom. The third-order valence-electron chi connectivity index (χ3n) is 3.19. The van der Waals surface area contributed by atoms with Crippen LogP contribution in [0.5, 0.6) is 0 Å². The Labute approximate surface area is 122 Å². The van der Waals surface area contributed by atoms with Gasteiger partial charge in [-0.3, -0.25) is 0 Å². The van der Waals surface area contributed by atoms with Gasteiger partial charge in [-0.15, -0.1) is 0 Å². The summed E-state index contributed by atoms with van der Waals surface area (Å²) in [6, 6.07) is 21.2. The van der Waals surface area contributed by atoms with Crippen LogP contribution in [0.15, 0.2) is 73.1 Å². The maximum atomic E-state index is 13.2. The molecule has 2 aromatic carbocycles. The van der Waals surface area contributed by atoms with Gasteiger partial charge >= 0.3 is 0 Å². The van der Waals surface area contributed by atoms with Gasteiger partial charge in [-0.2, -0.15) is 4.39 Å². The van der Waals surface area contributed by atoms with Crippen LogP contribution in [0, 0.1) is 5.95 Å². The number of halogens is 1. The highest BCUT2D eigenvalue weighted by Gasteiger charge is 2.14. The molecule has 3 aromatic rings. The summed E-state index contributed by atoms with van der Waals surface area (Å²) in [6.07, 6.45) is 1.21. The highest BCUT2D eigenvalue weighted by Crippen LogP contribution is 2.25. The maximum Gasteiger partial charge on any atom is 0.217 e. The summed E-state index contributed by atoms with van der Waals surface area (Å²) in [5, 5.41) is 3.26. The first kappa shape index (κ1) is 13.2. The van der Waals surface area contributed by atoms with E-state index in [4.69, 9.17) is 0 Å². The fourth-order valence-electron chi connectivity index (χ4n) is 2.21. The third kappa shape index (κ3) is 3.23. The predicted octanol–water partition coefficient (Wildman–Crippen LogP) is 3.82. The van der Waals surface area contributed by atoms with Gasteiger partial charge < -0.3 is 5.32 Å². The van der Waals surface area contributed by atoms with Crippen molar-refractivity contribution in [2.45, 2.75) is 6.04 Å². The fourth-order valence-corrected chi connectivity index (χ4v) is 2.21. The van der Waals surface area contributed by atoms with Gasteiger partial charge in [0.1, 0.15) is 12.1 Å². The van der Waals surface area contributed by atoms with E-state index in [-0.39, 0.29) is 6.04 Å². The lowest BCUT2D eigenvalue weighted by Crippen LogP contribution is -2.13. The lowest BCUT2D eigenvalue weighted by Gasteiger charge is -2.20. The zero-order chi connectivity index (χ0) is 14.5. The topological polar surface area (TPSA) is 37.8 Å². The molecule has 0 radical (unpaired) electrons. The molecule has 0 bridgehead atoms. The number of benzene rings is 2. The number of aromatic nitrogens is 2. The van der Waals surface area contributed by atoms with Gasteiger partial charge in [-0.1, -0.05) is 60.7 Å². The van der Waals surface area contributed by atoms with Gasteiger partial charge in [-0.05, 0) is 11.1 Å². The van der Waals surface area contributed by atoms with Crippen LogP contribution in [0.25, 0.3) is 0 Å². The number of anilines is 1. The summed E-state index contributed by atoms with van der Waals surface area (Å²) in [5.74, 6) is -0.0902. The summed E-state index contributed by atoms with van der Waals surface area (Å²) in [4.78, 5) is 7.54. The Morgan fingerprint density at radius 1 is 0.810 bits per heavy atom. The van der Waals surface area contributed by atoms with Crippen molar-refractivity contribution in [2.24, 2.45) is 0 Å². The van der Waals surface area contributed by atoms with E-state index >= 15 is 0 Å². The van der Waals surface area contributed by atoms with E-state index in [1.807, 2.05) is 60.7 Å². The lowest BCUT2D eigenvalue weighted by molar-refractivity contribution is 0.580. The van der Waals surface area contributed by atoms with Gasteiger partial charge in [0.05, 0.1) is 6.04 Å². The van der Waals surface area contributed by atoms with Crippen LogP contribution in [0.4, 0.5) is 10.2 Å². The Kier molecular flexibility index (Phi) is 3.87. The van der Waals surface area contributed by atoms with Crippen molar-refractivity contribution >= 4 is 5.82 Å². The molecule has 0 spiro atoms. The van der Waals surface area contributed by atoms with E-state index in [0.29, 0.717) is 5.82 Å². The number of nitrogens with zero attached hydrogens (tertiary/aromatic N) is 2. The minimum Gasteiger partial charge on any atom is -0.359 e.